The Morgan fingerprint density at radius 3 is 2.44 bits per heavy atom. The molecule has 0 aromatic heterocycles. The van der Waals surface area contributed by atoms with E-state index >= 15 is 0 Å². The van der Waals surface area contributed by atoms with Gasteiger partial charge in [0.2, 0.25) is 0 Å². The minimum atomic E-state index is -4.33. The summed E-state index contributed by atoms with van der Waals surface area (Å²) in [6.45, 7) is 0. The molecular weight excluding hydrogens is 243 g/mol. The molecule has 0 bridgehead atoms. The first-order chi connectivity index (χ1) is 7.28. The Morgan fingerprint density at radius 1 is 1.31 bits per heavy atom. The Morgan fingerprint density at radius 2 is 1.94 bits per heavy atom. The van der Waals surface area contributed by atoms with Crippen molar-refractivity contribution < 1.29 is 18.0 Å². The molecule has 16 heavy (non-hydrogen) atoms. The third-order valence-corrected chi connectivity index (χ3v) is 2.10. The molecule has 6 heteroatoms. The zero-order valence-corrected chi connectivity index (χ0v) is 8.90. The standard InChI is InChI=1S/C10H9ClF3NO/c11-7-3-6(4-8(15)5-7)9(16)1-2-10(12,13)14/h3-5H,1-2,15H2. The lowest BCUT2D eigenvalue weighted by atomic mass is 10.1. The van der Waals surface area contributed by atoms with E-state index in [2.05, 4.69) is 0 Å². The van der Waals surface area contributed by atoms with Gasteiger partial charge in [0, 0.05) is 22.7 Å². The normalized spacial score (nSPS) is 11.5. The van der Waals surface area contributed by atoms with Gasteiger partial charge in [-0.25, -0.2) is 0 Å². The van der Waals surface area contributed by atoms with Crippen LogP contribution in [0.4, 0.5) is 18.9 Å². The van der Waals surface area contributed by atoms with Crippen LogP contribution in [0.25, 0.3) is 0 Å². The molecule has 1 rings (SSSR count). The van der Waals surface area contributed by atoms with Crippen molar-refractivity contribution >= 4 is 23.1 Å². The van der Waals surface area contributed by atoms with Crippen molar-refractivity contribution in [3.05, 3.63) is 28.8 Å². The number of nitrogens with two attached hydrogens (primary N) is 1. The smallest absolute Gasteiger partial charge is 0.389 e. The third-order valence-electron chi connectivity index (χ3n) is 1.88. The first-order valence-electron chi connectivity index (χ1n) is 4.44. The van der Waals surface area contributed by atoms with Crippen molar-refractivity contribution in [2.24, 2.45) is 0 Å². The average Bonchev–Trinajstić information content (AvgIpc) is 2.11. The van der Waals surface area contributed by atoms with Gasteiger partial charge in [0.15, 0.2) is 5.78 Å². The van der Waals surface area contributed by atoms with Crippen molar-refractivity contribution in [2.75, 3.05) is 5.73 Å². The Bertz CT molecular complexity index is 383. The number of Topliss-reactive ketones (excluding diaryl/α,β-unsaturated/α-hetero) is 1. The fourth-order valence-electron chi connectivity index (χ4n) is 1.17. The highest BCUT2D eigenvalue weighted by molar-refractivity contribution is 6.31. The summed E-state index contributed by atoms with van der Waals surface area (Å²) in [6, 6.07) is 4.03. The molecule has 0 unspecified atom stereocenters. The third kappa shape index (κ3) is 4.10. The number of benzene rings is 1. The van der Waals surface area contributed by atoms with Crippen LogP contribution in [-0.4, -0.2) is 12.0 Å². The molecule has 1 aromatic rings. The number of hydrogen-bond donors (Lipinski definition) is 1. The Hall–Kier alpha value is -1.23. The summed E-state index contributed by atoms with van der Waals surface area (Å²) < 4.78 is 35.7. The molecule has 0 fully saturated rings. The fraction of sp³-hybridized carbons (Fsp3) is 0.300. The van der Waals surface area contributed by atoms with E-state index in [0.717, 1.165) is 0 Å². The number of anilines is 1. The lowest BCUT2D eigenvalue weighted by Gasteiger charge is -2.06. The minimum absolute atomic E-state index is 0.106. The van der Waals surface area contributed by atoms with E-state index in [4.69, 9.17) is 17.3 Å². The van der Waals surface area contributed by atoms with Gasteiger partial charge in [0.05, 0.1) is 6.42 Å². The predicted molar refractivity (Wildman–Crippen MR) is 55.5 cm³/mol. The topological polar surface area (TPSA) is 43.1 Å². The van der Waals surface area contributed by atoms with Crippen molar-refractivity contribution in [1.29, 1.82) is 0 Å². The second-order valence-electron chi connectivity index (χ2n) is 3.31. The quantitative estimate of drug-likeness (QED) is 0.660. The molecule has 0 atom stereocenters. The van der Waals surface area contributed by atoms with Crippen LogP contribution in [0.15, 0.2) is 18.2 Å². The molecule has 0 aliphatic heterocycles. The van der Waals surface area contributed by atoms with Crippen LogP contribution in [0.2, 0.25) is 5.02 Å². The van der Waals surface area contributed by atoms with Gasteiger partial charge in [0.25, 0.3) is 0 Å². The lowest BCUT2D eigenvalue weighted by molar-refractivity contribution is -0.133. The van der Waals surface area contributed by atoms with Gasteiger partial charge in [-0.1, -0.05) is 11.6 Å². The lowest BCUT2D eigenvalue weighted by Crippen LogP contribution is -2.11. The van der Waals surface area contributed by atoms with Gasteiger partial charge in [-0.3, -0.25) is 4.79 Å². The summed E-state index contributed by atoms with van der Waals surface area (Å²) >= 11 is 5.63. The van der Waals surface area contributed by atoms with E-state index in [1.165, 1.54) is 18.2 Å². The van der Waals surface area contributed by atoms with E-state index < -0.39 is 24.8 Å². The number of carbonyl (C=O) groups excluding carboxylic acids is 1. The van der Waals surface area contributed by atoms with Crippen LogP contribution < -0.4 is 5.73 Å². The highest BCUT2D eigenvalue weighted by atomic mass is 35.5. The van der Waals surface area contributed by atoms with E-state index in [0.29, 0.717) is 0 Å². The molecule has 2 N–H and O–H groups in total. The van der Waals surface area contributed by atoms with Crippen molar-refractivity contribution in [1.82, 2.24) is 0 Å². The molecular formula is C10H9ClF3NO. The Labute approximate surface area is 95.2 Å². The van der Waals surface area contributed by atoms with Gasteiger partial charge in [0.1, 0.15) is 0 Å². The Balaban J connectivity index is 2.73. The number of nitrogen functional groups attached to an aromatic ring is 1. The average molecular weight is 252 g/mol. The van der Waals surface area contributed by atoms with Gasteiger partial charge < -0.3 is 5.73 Å². The second kappa shape index (κ2) is 4.74. The summed E-state index contributed by atoms with van der Waals surface area (Å²) in [5, 5.41) is 0.232. The number of alkyl halides is 3. The molecule has 0 spiro atoms. The first kappa shape index (κ1) is 12.8. The maximum atomic E-state index is 11.9. The Kier molecular flexibility index (Phi) is 3.80. The van der Waals surface area contributed by atoms with Crippen LogP contribution in [0.3, 0.4) is 0 Å². The SMILES string of the molecule is Nc1cc(Cl)cc(C(=O)CCC(F)(F)F)c1. The maximum absolute atomic E-state index is 11.9. The number of hydrogen-bond acceptors (Lipinski definition) is 2. The van der Waals surface area contributed by atoms with E-state index in [-0.39, 0.29) is 16.3 Å². The number of carbonyl (C=O) groups is 1. The molecule has 0 aliphatic rings. The molecule has 1 aromatic carbocycles. The molecule has 0 radical (unpaired) electrons. The van der Waals surface area contributed by atoms with Gasteiger partial charge in [-0.05, 0) is 18.2 Å². The molecule has 0 aliphatic carbocycles. The zero-order chi connectivity index (χ0) is 12.3. The van der Waals surface area contributed by atoms with Crippen molar-refractivity contribution in [3.63, 3.8) is 0 Å². The van der Waals surface area contributed by atoms with Gasteiger partial charge in [-0.2, -0.15) is 13.2 Å². The maximum Gasteiger partial charge on any atom is 0.389 e. The zero-order valence-electron chi connectivity index (χ0n) is 8.14. The van der Waals surface area contributed by atoms with Crippen LogP contribution in [0.1, 0.15) is 23.2 Å². The highest BCUT2D eigenvalue weighted by Crippen LogP contribution is 2.24. The molecule has 88 valence electrons. The summed E-state index contributed by atoms with van der Waals surface area (Å²) in [5.74, 6) is -0.619. The highest BCUT2D eigenvalue weighted by Gasteiger charge is 2.28. The molecule has 0 heterocycles. The monoisotopic (exact) mass is 251 g/mol. The van der Waals surface area contributed by atoms with Crippen LogP contribution in [-0.2, 0) is 0 Å². The first-order valence-corrected chi connectivity index (χ1v) is 4.82. The largest absolute Gasteiger partial charge is 0.399 e. The van der Waals surface area contributed by atoms with Gasteiger partial charge in [-0.15, -0.1) is 0 Å². The van der Waals surface area contributed by atoms with E-state index in [1.54, 1.807) is 0 Å². The molecule has 0 saturated heterocycles. The summed E-state index contributed by atoms with van der Waals surface area (Å²) in [5.41, 5.74) is 5.78. The number of rotatable bonds is 3. The summed E-state index contributed by atoms with van der Waals surface area (Å²) in [7, 11) is 0. The van der Waals surface area contributed by atoms with Crippen LogP contribution >= 0.6 is 11.6 Å². The van der Waals surface area contributed by atoms with E-state index in [9.17, 15) is 18.0 Å². The van der Waals surface area contributed by atoms with Gasteiger partial charge >= 0.3 is 6.18 Å². The minimum Gasteiger partial charge on any atom is -0.399 e. The molecule has 0 saturated carbocycles. The van der Waals surface area contributed by atoms with Crippen molar-refractivity contribution in [2.45, 2.75) is 19.0 Å². The molecule has 2 nitrogen and oxygen atoms in total. The second-order valence-corrected chi connectivity index (χ2v) is 3.75. The van der Waals surface area contributed by atoms with Crippen LogP contribution in [0, 0.1) is 0 Å². The van der Waals surface area contributed by atoms with Crippen LogP contribution in [0.5, 0.6) is 0 Å². The number of ketones is 1. The van der Waals surface area contributed by atoms with Crippen molar-refractivity contribution in [3.8, 4) is 0 Å². The molecule has 0 amide bonds. The summed E-state index contributed by atoms with van der Waals surface area (Å²) in [4.78, 5) is 11.4. The predicted octanol–water partition coefficient (Wildman–Crippen LogP) is 3.45. The number of halogens is 4. The summed E-state index contributed by atoms with van der Waals surface area (Å²) in [6.07, 6.45) is -6.07. The van der Waals surface area contributed by atoms with E-state index in [1.807, 2.05) is 0 Å². The fourth-order valence-corrected chi connectivity index (χ4v) is 1.42.